The second kappa shape index (κ2) is 4.86. The van der Waals surface area contributed by atoms with Crippen molar-refractivity contribution in [3.63, 3.8) is 0 Å². The molecule has 1 saturated carbocycles. The summed E-state index contributed by atoms with van der Waals surface area (Å²) in [6.45, 7) is 0.423. The Balaban J connectivity index is 1.80. The van der Waals surface area contributed by atoms with Crippen LogP contribution < -0.4 is 4.72 Å². The molecule has 0 atom stereocenters. The van der Waals surface area contributed by atoms with Crippen LogP contribution in [0.3, 0.4) is 0 Å². The van der Waals surface area contributed by atoms with E-state index in [9.17, 15) is 8.42 Å². The molecule has 1 aliphatic rings. The summed E-state index contributed by atoms with van der Waals surface area (Å²) in [4.78, 5) is 4.72. The molecule has 1 fully saturated rings. The number of aryl methyl sites for hydroxylation is 1. The van der Waals surface area contributed by atoms with Gasteiger partial charge in [-0.25, -0.2) is 18.1 Å². The molecule has 6 heteroatoms. The van der Waals surface area contributed by atoms with Gasteiger partial charge in [0.25, 0.3) is 0 Å². The van der Waals surface area contributed by atoms with Crippen LogP contribution in [0.15, 0.2) is 18.2 Å². The summed E-state index contributed by atoms with van der Waals surface area (Å²) in [7, 11) is -1.05. The van der Waals surface area contributed by atoms with E-state index in [2.05, 4.69) is 28.5 Å². The lowest BCUT2D eigenvalue weighted by Crippen LogP contribution is -2.24. The van der Waals surface area contributed by atoms with Gasteiger partial charge in [0.15, 0.2) is 0 Å². The molecule has 0 amide bonds. The molecular formula is C14H19N3O2S. The average Bonchev–Trinajstić information content (AvgIpc) is 3.14. The monoisotopic (exact) mass is 293 g/mol. The summed E-state index contributed by atoms with van der Waals surface area (Å²) in [6.07, 6.45) is 4.33. The standard InChI is InChI=1S/C14H19N3O2S/c1-17-13-6-3-10(7-8-15-20(2,18)19)9-12(13)16-14(17)11-4-5-11/h3,6,9,11,15H,4-5,7-8H2,1-2H3. The summed E-state index contributed by atoms with van der Waals surface area (Å²) >= 11 is 0. The van der Waals surface area contributed by atoms with Crippen LogP contribution in [0.2, 0.25) is 0 Å². The first-order chi connectivity index (χ1) is 9.44. The third-order valence-corrected chi connectivity index (χ3v) is 4.43. The van der Waals surface area contributed by atoms with Gasteiger partial charge < -0.3 is 4.57 Å². The molecule has 0 unspecified atom stereocenters. The maximum Gasteiger partial charge on any atom is 0.208 e. The second-order valence-electron chi connectivity index (χ2n) is 5.54. The van der Waals surface area contributed by atoms with Crippen LogP contribution in [-0.4, -0.2) is 30.8 Å². The fourth-order valence-corrected chi connectivity index (χ4v) is 2.98. The quantitative estimate of drug-likeness (QED) is 0.909. The van der Waals surface area contributed by atoms with Gasteiger partial charge in [-0.3, -0.25) is 0 Å². The molecule has 0 aliphatic heterocycles. The van der Waals surface area contributed by atoms with Gasteiger partial charge in [0, 0.05) is 19.5 Å². The average molecular weight is 293 g/mol. The third-order valence-electron chi connectivity index (χ3n) is 3.70. The van der Waals surface area contributed by atoms with Crippen LogP contribution in [0.1, 0.15) is 30.1 Å². The van der Waals surface area contributed by atoms with Crippen molar-refractivity contribution in [2.24, 2.45) is 7.05 Å². The SMILES string of the molecule is Cn1c(C2CC2)nc2cc(CCNS(C)(=O)=O)ccc21. The highest BCUT2D eigenvalue weighted by Crippen LogP contribution is 2.40. The molecule has 1 heterocycles. The van der Waals surface area contributed by atoms with Crippen LogP contribution in [0.5, 0.6) is 0 Å². The molecular weight excluding hydrogens is 274 g/mol. The molecule has 0 spiro atoms. The zero-order valence-corrected chi connectivity index (χ0v) is 12.6. The summed E-state index contributed by atoms with van der Waals surface area (Å²) in [5.74, 6) is 1.80. The van der Waals surface area contributed by atoms with Gasteiger partial charge in [-0.2, -0.15) is 0 Å². The van der Waals surface area contributed by atoms with Crippen LogP contribution in [0.4, 0.5) is 0 Å². The first-order valence-electron chi connectivity index (χ1n) is 6.84. The molecule has 1 aromatic heterocycles. The molecule has 108 valence electrons. The Morgan fingerprint density at radius 2 is 2.15 bits per heavy atom. The molecule has 0 saturated heterocycles. The fourth-order valence-electron chi connectivity index (χ4n) is 2.51. The van der Waals surface area contributed by atoms with Crippen LogP contribution >= 0.6 is 0 Å². The van der Waals surface area contributed by atoms with Gasteiger partial charge in [-0.05, 0) is 37.0 Å². The van der Waals surface area contributed by atoms with Crippen LogP contribution in [-0.2, 0) is 23.5 Å². The molecule has 20 heavy (non-hydrogen) atoms. The number of hydrogen-bond acceptors (Lipinski definition) is 3. The predicted molar refractivity (Wildman–Crippen MR) is 79.2 cm³/mol. The van der Waals surface area contributed by atoms with Crippen molar-refractivity contribution < 1.29 is 8.42 Å². The van der Waals surface area contributed by atoms with E-state index in [0.717, 1.165) is 16.6 Å². The minimum absolute atomic E-state index is 0.423. The molecule has 1 N–H and O–H groups in total. The number of aromatic nitrogens is 2. The van der Waals surface area contributed by atoms with Crippen molar-refractivity contribution >= 4 is 21.1 Å². The molecule has 3 rings (SSSR count). The Kier molecular flexibility index (Phi) is 3.30. The lowest BCUT2D eigenvalue weighted by molar-refractivity contribution is 0.588. The van der Waals surface area contributed by atoms with Gasteiger partial charge in [0.2, 0.25) is 10.0 Å². The molecule has 0 bridgehead atoms. The normalized spacial score (nSPS) is 15.9. The molecule has 5 nitrogen and oxygen atoms in total. The van der Waals surface area contributed by atoms with Gasteiger partial charge >= 0.3 is 0 Å². The van der Waals surface area contributed by atoms with Crippen molar-refractivity contribution in [2.75, 3.05) is 12.8 Å². The van der Waals surface area contributed by atoms with Crippen molar-refractivity contribution in [3.8, 4) is 0 Å². The number of sulfonamides is 1. The lowest BCUT2D eigenvalue weighted by atomic mass is 10.1. The predicted octanol–water partition coefficient (Wildman–Crippen LogP) is 1.54. The summed E-state index contributed by atoms with van der Waals surface area (Å²) in [6, 6.07) is 6.18. The number of benzene rings is 1. The lowest BCUT2D eigenvalue weighted by Gasteiger charge is -2.03. The van der Waals surface area contributed by atoms with Gasteiger partial charge in [0.1, 0.15) is 5.82 Å². The number of fused-ring (bicyclic) bond motifs is 1. The van der Waals surface area contributed by atoms with Gasteiger partial charge in [-0.1, -0.05) is 6.07 Å². The van der Waals surface area contributed by atoms with Crippen molar-refractivity contribution in [2.45, 2.75) is 25.2 Å². The van der Waals surface area contributed by atoms with E-state index in [1.807, 2.05) is 6.07 Å². The van der Waals surface area contributed by atoms with Crippen LogP contribution in [0.25, 0.3) is 11.0 Å². The smallest absolute Gasteiger partial charge is 0.208 e. The van der Waals surface area contributed by atoms with Crippen molar-refractivity contribution in [1.29, 1.82) is 0 Å². The Morgan fingerprint density at radius 1 is 1.40 bits per heavy atom. The molecule has 0 radical (unpaired) electrons. The van der Waals surface area contributed by atoms with E-state index in [1.165, 1.54) is 24.9 Å². The number of nitrogens with zero attached hydrogens (tertiary/aromatic N) is 2. The maximum absolute atomic E-state index is 11.0. The van der Waals surface area contributed by atoms with E-state index in [-0.39, 0.29) is 0 Å². The number of imidazole rings is 1. The zero-order valence-electron chi connectivity index (χ0n) is 11.8. The Bertz CT molecular complexity index is 745. The number of rotatable bonds is 5. The number of hydrogen-bond donors (Lipinski definition) is 1. The highest BCUT2D eigenvalue weighted by molar-refractivity contribution is 7.88. The van der Waals surface area contributed by atoms with E-state index in [4.69, 9.17) is 4.98 Å². The Morgan fingerprint density at radius 3 is 2.80 bits per heavy atom. The Hall–Kier alpha value is -1.40. The molecule has 1 aliphatic carbocycles. The van der Waals surface area contributed by atoms with Gasteiger partial charge in [0.05, 0.1) is 17.3 Å². The van der Waals surface area contributed by atoms with E-state index in [1.54, 1.807) is 0 Å². The topological polar surface area (TPSA) is 64.0 Å². The number of nitrogens with one attached hydrogen (secondary N) is 1. The van der Waals surface area contributed by atoms with Crippen molar-refractivity contribution in [3.05, 3.63) is 29.6 Å². The molecule has 2 aromatic rings. The maximum atomic E-state index is 11.0. The third kappa shape index (κ3) is 2.86. The minimum Gasteiger partial charge on any atom is -0.331 e. The molecule has 1 aromatic carbocycles. The largest absolute Gasteiger partial charge is 0.331 e. The van der Waals surface area contributed by atoms with Crippen molar-refractivity contribution in [1.82, 2.24) is 14.3 Å². The zero-order chi connectivity index (χ0) is 14.3. The summed E-state index contributed by atoms with van der Waals surface area (Å²) < 4.78 is 26.8. The first kappa shape index (κ1) is 13.6. The second-order valence-corrected chi connectivity index (χ2v) is 7.38. The van der Waals surface area contributed by atoms with E-state index >= 15 is 0 Å². The Labute approximate surface area is 119 Å². The first-order valence-corrected chi connectivity index (χ1v) is 8.73. The van der Waals surface area contributed by atoms with E-state index in [0.29, 0.717) is 18.9 Å². The highest BCUT2D eigenvalue weighted by atomic mass is 32.2. The minimum atomic E-state index is -3.11. The van der Waals surface area contributed by atoms with E-state index < -0.39 is 10.0 Å². The fraction of sp³-hybridized carbons (Fsp3) is 0.500. The highest BCUT2D eigenvalue weighted by Gasteiger charge is 2.28. The van der Waals surface area contributed by atoms with Gasteiger partial charge in [-0.15, -0.1) is 0 Å². The summed E-state index contributed by atoms with van der Waals surface area (Å²) in [5, 5.41) is 0. The van der Waals surface area contributed by atoms with Crippen LogP contribution in [0, 0.1) is 0 Å². The summed E-state index contributed by atoms with van der Waals surface area (Å²) in [5.41, 5.74) is 3.26.